The van der Waals surface area contributed by atoms with E-state index in [1.165, 1.54) is 0 Å². The van der Waals surface area contributed by atoms with Gasteiger partial charge in [-0.05, 0) is 37.0 Å². The van der Waals surface area contributed by atoms with E-state index in [2.05, 4.69) is 5.32 Å². The molecule has 0 bridgehead atoms. The van der Waals surface area contributed by atoms with Crippen LogP contribution in [0.15, 0.2) is 18.2 Å². The molecule has 1 saturated carbocycles. The molecule has 144 valence electrons. The minimum atomic E-state index is -0.532. The monoisotopic (exact) mass is 363 g/mol. The Morgan fingerprint density at radius 1 is 1.15 bits per heavy atom. The molecule has 1 heterocycles. The fourth-order valence-corrected chi connectivity index (χ4v) is 4.20. The van der Waals surface area contributed by atoms with Gasteiger partial charge in [-0.2, -0.15) is 0 Å². The Labute approximate surface area is 155 Å². The summed E-state index contributed by atoms with van der Waals surface area (Å²) in [5, 5.41) is 3.21. The van der Waals surface area contributed by atoms with Crippen LogP contribution in [0.2, 0.25) is 0 Å². The number of rotatable bonds is 6. The van der Waals surface area contributed by atoms with E-state index in [0.29, 0.717) is 24.7 Å². The molecular weight excluding hydrogens is 334 g/mol. The first-order valence-corrected chi connectivity index (χ1v) is 9.28. The van der Waals surface area contributed by atoms with Crippen LogP contribution < -0.4 is 14.8 Å². The summed E-state index contributed by atoms with van der Waals surface area (Å²) in [6.45, 7) is 1.16. The summed E-state index contributed by atoms with van der Waals surface area (Å²) in [6, 6.07) is 5.69. The van der Waals surface area contributed by atoms with Crippen LogP contribution in [0.1, 0.15) is 37.7 Å². The van der Waals surface area contributed by atoms with Crippen molar-refractivity contribution in [3.05, 3.63) is 23.8 Å². The third kappa shape index (κ3) is 3.53. The summed E-state index contributed by atoms with van der Waals surface area (Å²) >= 11 is 0. The number of nitrogens with one attached hydrogen (secondary N) is 1. The lowest BCUT2D eigenvalue weighted by Gasteiger charge is -2.35. The number of carbonyl (C=O) groups excluding carboxylic acids is 1. The number of methoxy groups -OCH3 is 3. The predicted octanol–water partition coefficient (Wildman–Crippen LogP) is 2.44. The maximum absolute atomic E-state index is 13.4. The lowest BCUT2D eigenvalue weighted by atomic mass is 9.77. The topological polar surface area (TPSA) is 66.0 Å². The molecule has 1 amide bonds. The minimum absolute atomic E-state index is 0.00319. The highest BCUT2D eigenvalue weighted by Crippen LogP contribution is 2.44. The van der Waals surface area contributed by atoms with Crippen LogP contribution in [0.25, 0.3) is 0 Å². The Morgan fingerprint density at radius 3 is 2.54 bits per heavy atom. The average molecular weight is 363 g/mol. The van der Waals surface area contributed by atoms with Crippen molar-refractivity contribution in [2.24, 2.45) is 0 Å². The molecule has 3 rings (SSSR count). The largest absolute Gasteiger partial charge is 0.493 e. The molecule has 1 N–H and O–H groups in total. The van der Waals surface area contributed by atoms with Gasteiger partial charge < -0.3 is 24.3 Å². The number of amides is 1. The summed E-state index contributed by atoms with van der Waals surface area (Å²) in [4.78, 5) is 13.4. The predicted molar refractivity (Wildman–Crippen MR) is 97.9 cm³/mol. The van der Waals surface area contributed by atoms with E-state index in [1.807, 2.05) is 18.2 Å². The van der Waals surface area contributed by atoms with Crippen LogP contribution in [0, 0.1) is 0 Å². The van der Waals surface area contributed by atoms with Crippen LogP contribution in [0.3, 0.4) is 0 Å². The third-order valence-electron chi connectivity index (χ3n) is 5.74. The Balaban J connectivity index is 1.86. The van der Waals surface area contributed by atoms with Crippen LogP contribution >= 0.6 is 0 Å². The zero-order chi connectivity index (χ0) is 18.6. The van der Waals surface area contributed by atoms with Crippen molar-refractivity contribution in [3.8, 4) is 11.5 Å². The lowest BCUT2D eigenvalue weighted by Crippen LogP contribution is -2.55. The molecule has 1 aliphatic heterocycles. The van der Waals surface area contributed by atoms with Crippen molar-refractivity contribution in [2.75, 3.05) is 34.5 Å². The Morgan fingerprint density at radius 2 is 1.88 bits per heavy atom. The first kappa shape index (κ1) is 19.0. The SMILES string of the molecule is COc1ccc(C2(C(=O)N[C@@H]3COCC[C@H]3OC)CCCC2)cc1OC. The van der Waals surface area contributed by atoms with Crippen LogP contribution in [0.5, 0.6) is 11.5 Å². The number of benzene rings is 1. The summed E-state index contributed by atoms with van der Waals surface area (Å²) < 4.78 is 21.9. The van der Waals surface area contributed by atoms with Gasteiger partial charge in [0, 0.05) is 13.7 Å². The Kier molecular flexibility index (Phi) is 6.04. The molecule has 6 heteroatoms. The standard InChI is InChI=1S/C20H29NO5/c1-23-16-8-11-26-13-15(16)21-19(22)20(9-4-5-10-20)14-6-7-17(24-2)18(12-14)25-3/h6-7,12,15-16H,4-5,8-11,13H2,1-3H3,(H,21,22)/t15-,16-/m1/s1. The molecule has 2 atom stereocenters. The van der Waals surface area contributed by atoms with E-state index >= 15 is 0 Å². The van der Waals surface area contributed by atoms with Gasteiger partial charge in [-0.1, -0.05) is 18.9 Å². The second-order valence-corrected chi connectivity index (χ2v) is 7.08. The molecule has 0 radical (unpaired) electrons. The molecular formula is C20H29NO5. The van der Waals surface area contributed by atoms with Crippen molar-refractivity contribution < 1.29 is 23.7 Å². The highest BCUT2D eigenvalue weighted by Gasteiger charge is 2.44. The average Bonchev–Trinajstić information content (AvgIpc) is 3.19. The quantitative estimate of drug-likeness (QED) is 0.841. The first-order chi connectivity index (χ1) is 12.6. The lowest BCUT2D eigenvalue weighted by molar-refractivity contribution is -0.130. The molecule has 2 aliphatic rings. The molecule has 1 aromatic rings. The van der Waals surface area contributed by atoms with Crippen molar-refractivity contribution >= 4 is 5.91 Å². The van der Waals surface area contributed by atoms with Crippen molar-refractivity contribution in [1.82, 2.24) is 5.32 Å². The van der Waals surface area contributed by atoms with Crippen LogP contribution in [0.4, 0.5) is 0 Å². The summed E-state index contributed by atoms with van der Waals surface area (Å²) in [5.41, 5.74) is 0.450. The Bertz CT molecular complexity index is 627. The van der Waals surface area contributed by atoms with Gasteiger partial charge in [0.25, 0.3) is 0 Å². The van der Waals surface area contributed by atoms with Crippen LogP contribution in [-0.4, -0.2) is 52.6 Å². The number of hydrogen-bond acceptors (Lipinski definition) is 5. The maximum Gasteiger partial charge on any atom is 0.231 e. The molecule has 1 aliphatic carbocycles. The zero-order valence-electron chi connectivity index (χ0n) is 15.9. The Hall–Kier alpha value is -1.79. The van der Waals surface area contributed by atoms with Gasteiger partial charge in [0.15, 0.2) is 11.5 Å². The van der Waals surface area contributed by atoms with E-state index in [-0.39, 0.29) is 18.1 Å². The molecule has 1 aromatic carbocycles. The van der Waals surface area contributed by atoms with Crippen molar-refractivity contribution in [2.45, 2.75) is 49.7 Å². The second-order valence-electron chi connectivity index (χ2n) is 7.08. The van der Waals surface area contributed by atoms with E-state index in [1.54, 1.807) is 21.3 Å². The molecule has 0 unspecified atom stereocenters. The van der Waals surface area contributed by atoms with Gasteiger partial charge in [0.1, 0.15) is 0 Å². The maximum atomic E-state index is 13.4. The van der Waals surface area contributed by atoms with E-state index < -0.39 is 5.41 Å². The van der Waals surface area contributed by atoms with Crippen LogP contribution in [-0.2, 0) is 19.7 Å². The van der Waals surface area contributed by atoms with E-state index in [9.17, 15) is 4.79 Å². The van der Waals surface area contributed by atoms with Gasteiger partial charge in [0.2, 0.25) is 5.91 Å². The third-order valence-corrected chi connectivity index (χ3v) is 5.74. The molecule has 6 nitrogen and oxygen atoms in total. The zero-order valence-corrected chi connectivity index (χ0v) is 15.9. The van der Waals surface area contributed by atoms with E-state index in [4.69, 9.17) is 18.9 Å². The smallest absolute Gasteiger partial charge is 0.231 e. The number of carbonyl (C=O) groups is 1. The fourth-order valence-electron chi connectivity index (χ4n) is 4.20. The minimum Gasteiger partial charge on any atom is -0.493 e. The van der Waals surface area contributed by atoms with E-state index in [0.717, 1.165) is 37.7 Å². The highest BCUT2D eigenvalue weighted by molar-refractivity contribution is 5.89. The number of ether oxygens (including phenoxy) is 4. The summed E-state index contributed by atoms with van der Waals surface area (Å²) in [5.74, 6) is 1.38. The molecule has 0 spiro atoms. The summed E-state index contributed by atoms with van der Waals surface area (Å²) in [6.07, 6.45) is 4.54. The highest BCUT2D eigenvalue weighted by atomic mass is 16.5. The van der Waals surface area contributed by atoms with Gasteiger partial charge in [-0.3, -0.25) is 4.79 Å². The van der Waals surface area contributed by atoms with Crippen molar-refractivity contribution in [3.63, 3.8) is 0 Å². The fraction of sp³-hybridized carbons (Fsp3) is 0.650. The molecule has 0 aromatic heterocycles. The first-order valence-electron chi connectivity index (χ1n) is 9.28. The van der Waals surface area contributed by atoms with Crippen molar-refractivity contribution in [1.29, 1.82) is 0 Å². The van der Waals surface area contributed by atoms with Gasteiger partial charge in [-0.15, -0.1) is 0 Å². The normalized spacial score (nSPS) is 24.9. The molecule has 1 saturated heterocycles. The molecule has 2 fully saturated rings. The second kappa shape index (κ2) is 8.27. The van der Waals surface area contributed by atoms with Gasteiger partial charge in [0.05, 0.1) is 38.4 Å². The van der Waals surface area contributed by atoms with Gasteiger partial charge in [-0.25, -0.2) is 0 Å². The summed E-state index contributed by atoms with van der Waals surface area (Å²) in [7, 11) is 4.92. The van der Waals surface area contributed by atoms with Gasteiger partial charge >= 0.3 is 0 Å². The number of hydrogen-bond donors (Lipinski definition) is 1. The molecule has 26 heavy (non-hydrogen) atoms.